The molecule has 0 saturated heterocycles. The molecule has 1 rings (SSSR count). The molecule has 0 saturated carbocycles. The van der Waals surface area contributed by atoms with Crippen LogP contribution in [-0.2, 0) is 14.3 Å². The molecule has 0 heterocycles. The van der Waals surface area contributed by atoms with Crippen LogP contribution in [0.4, 0.5) is 22.0 Å². The summed E-state index contributed by atoms with van der Waals surface area (Å²) in [6.45, 7) is 0. The lowest BCUT2D eigenvalue weighted by Crippen LogP contribution is -2.21. The van der Waals surface area contributed by atoms with Gasteiger partial charge in [0, 0.05) is 0 Å². The number of rotatable bonds is 4. The first-order valence-electron chi connectivity index (χ1n) is 4.88. The number of esters is 1. The Bertz CT molecular complexity index is 582. The number of hydrogen-bond acceptors (Lipinski definition) is 4. The second kappa shape index (κ2) is 5.76. The average molecular weight is 296 g/mol. The number of carbonyl (C=O) groups excluding carboxylic acids is 3. The van der Waals surface area contributed by atoms with E-state index in [9.17, 15) is 36.3 Å². The predicted octanol–water partition coefficient (Wildman–Crippen LogP) is 1.70. The maximum absolute atomic E-state index is 13.2. The van der Waals surface area contributed by atoms with E-state index in [2.05, 4.69) is 4.74 Å². The Balaban J connectivity index is 3.24. The third-order valence-electron chi connectivity index (χ3n) is 2.22. The normalized spacial score (nSPS) is 10.3. The molecule has 1 aromatic carbocycles. The predicted molar refractivity (Wildman–Crippen MR) is 52.2 cm³/mol. The Kier molecular flexibility index (Phi) is 4.53. The molecule has 0 aliphatic heterocycles. The van der Waals surface area contributed by atoms with Gasteiger partial charge in [0.1, 0.15) is 0 Å². The molecule has 0 atom stereocenters. The van der Waals surface area contributed by atoms with Gasteiger partial charge in [0.05, 0.1) is 19.1 Å². The van der Waals surface area contributed by atoms with Crippen LogP contribution >= 0.6 is 0 Å². The topological polar surface area (TPSA) is 60.4 Å². The van der Waals surface area contributed by atoms with Gasteiger partial charge >= 0.3 is 5.97 Å². The van der Waals surface area contributed by atoms with Gasteiger partial charge in [0.15, 0.2) is 29.1 Å². The summed E-state index contributed by atoms with van der Waals surface area (Å²) in [5, 5.41) is 0. The van der Waals surface area contributed by atoms with Gasteiger partial charge in [-0.3, -0.25) is 9.59 Å². The van der Waals surface area contributed by atoms with E-state index in [0.29, 0.717) is 0 Å². The van der Waals surface area contributed by atoms with Crippen molar-refractivity contribution in [3.63, 3.8) is 0 Å². The quantitative estimate of drug-likeness (QED) is 0.161. The van der Waals surface area contributed by atoms with E-state index >= 15 is 0 Å². The van der Waals surface area contributed by atoms with Gasteiger partial charge in [0.25, 0.3) is 0 Å². The van der Waals surface area contributed by atoms with Crippen LogP contribution in [0.15, 0.2) is 0 Å². The van der Waals surface area contributed by atoms with Crippen LogP contribution in [0, 0.1) is 29.1 Å². The summed E-state index contributed by atoms with van der Waals surface area (Å²) in [5.74, 6) is -16.5. The van der Waals surface area contributed by atoms with Gasteiger partial charge in [-0.05, 0) is 0 Å². The molecule has 0 aliphatic carbocycles. The lowest BCUT2D eigenvalue weighted by atomic mass is 10.0. The minimum absolute atomic E-state index is 0.809. The molecule has 0 unspecified atom stereocenters. The highest BCUT2D eigenvalue weighted by atomic mass is 19.2. The van der Waals surface area contributed by atoms with E-state index in [0.717, 1.165) is 7.11 Å². The molecule has 20 heavy (non-hydrogen) atoms. The molecular formula is C11H5F5O4. The molecule has 108 valence electrons. The maximum atomic E-state index is 13.2. The second-order valence-electron chi connectivity index (χ2n) is 3.46. The van der Waals surface area contributed by atoms with E-state index in [4.69, 9.17) is 0 Å². The highest BCUT2D eigenvalue weighted by Crippen LogP contribution is 2.24. The number of Topliss-reactive ketones (excluding diaryl/α,β-unsaturated/α-hetero) is 2. The van der Waals surface area contributed by atoms with E-state index in [1.807, 2.05) is 0 Å². The summed E-state index contributed by atoms with van der Waals surface area (Å²) in [4.78, 5) is 33.1. The van der Waals surface area contributed by atoms with Crippen molar-refractivity contribution in [3.05, 3.63) is 34.6 Å². The maximum Gasteiger partial charge on any atom is 0.374 e. The number of benzene rings is 1. The number of ether oxygens (including phenoxy) is 1. The van der Waals surface area contributed by atoms with Crippen molar-refractivity contribution in [1.82, 2.24) is 0 Å². The lowest BCUT2D eigenvalue weighted by molar-refractivity contribution is -0.151. The van der Waals surface area contributed by atoms with Crippen LogP contribution < -0.4 is 0 Å². The molecule has 4 nitrogen and oxygen atoms in total. The van der Waals surface area contributed by atoms with Crippen molar-refractivity contribution in [2.45, 2.75) is 6.42 Å². The Hall–Kier alpha value is -2.32. The number of halogens is 5. The van der Waals surface area contributed by atoms with Crippen LogP contribution in [0.5, 0.6) is 0 Å². The summed E-state index contributed by atoms with van der Waals surface area (Å²) in [7, 11) is 0.809. The standard InChI is InChI=1S/C11H5F5O4/c1-20-11(19)4(18)2-3(17)5-6(12)8(14)10(16)9(15)7(5)13/h2H2,1H3. The van der Waals surface area contributed by atoms with Crippen molar-refractivity contribution in [1.29, 1.82) is 0 Å². The minimum Gasteiger partial charge on any atom is -0.463 e. The van der Waals surface area contributed by atoms with Gasteiger partial charge < -0.3 is 4.74 Å². The van der Waals surface area contributed by atoms with Crippen molar-refractivity contribution in [2.24, 2.45) is 0 Å². The molecule has 0 N–H and O–H groups in total. The van der Waals surface area contributed by atoms with Gasteiger partial charge in [0.2, 0.25) is 11.6 Å². The summed E-state index contributed by atoms with van der Waals surface area (Å²) in [6, 6.07) is 0. The summed E-state index contributed by atoms with van der Waals surface area (Å²) >= 11 is 0. The molecule has 0 amide bonds. The highest BCUT2D eigenvalue weighted by Gasteiger charge is 2.31. The van der Waals surface area contributed by atoms with Crippen LogP contribution in [-0.4, -0.2) is 24.6 Å². The second-order valence-corrected chi connectivity index (χ2v) is 3.46. The molecule has 0 fully saturated rings. The molecular weight excluding hydrogens is 291 g/mol. The van der Waals surface area contributed by atoms with Crippen molar-refractivity contribution in [2.75, 3.05) is 7.11 Å². The smallest absolute Gasteiger partial charge is 0.374 e. The first-order chi connectivity index (χ1) is 9.22. The first kappa shape index (κ1) is 15.7. The fourth-order valence-corrected chi connectivity index (χ4v) is 1.27. The monoisotopic (exact) mass is 296 g/mol. The molecule has 9 heteroatoms. The zero-order chi connectivity index (χ0) is 15.6. The van der Waals surface area contributed by atoms with E-state index < -0.39 is 58.6 Å². The third-order valence-corrected chi connectivity index (χ3v) is 2.22. The number of ketones is 2. The largest absolute Gasteiger partial charge is 0.463 e. The molecule has 1 aromatic rings. The Labute approximate surface area is 108 Å². The van der Waals surface area contributed by atoms with E-state index in [1.54, 1.807) is 0 Å². The minimum atomic E-state index is -2.43. The van der Waals surface area contributed by atoms with Crippen LogP contribution in [0.25, 0.3) is 0 Å². The number of hydrogen-bond donors (Lipinski definition) is 0. The fraction of sp³-hybridized carbons (Fsp3) is 0.182. The van der Waals surface area contributed by atoms with Gasteiger partial charge in [-0.1, -0.05) is 0 Å². The summed E-state index contributed by atoms with van der Waals surface area (Å²) in [5.41, 5.74) is -1.78. The highest BCUT2D eigenvalue weighted by molar-refractivity contribution is 6.38. The van der Waals surface area contributed by atoms with E-state index in [1.165, 1.54) is 0 Å². The molecule has 0 aromatic heterocycles. The summed E-state index contributed by atoms with van der Waals surface area (Å²) in [6.07, 6.45) is -1.38. The van der Waals surface area contributed by atoms with Gasteiger partial charge in [-0.2, -0.15) is 0 Å². The molecule has 0 radical (unpaired) electrons. The Morgan fingerprint density at radius 3 is 1.65 bits per heavy atom. The zero-order valence-corrected chi connectivity index (χ0v) is 9.73. The third kappa shape index (κ3) is 2.65. The molecule has 0 spiro atoms. The SMILES string of the molecule is COC(=O)C(=O)CC(=O)c1c(F)c(F)c(F)c(F)c1F. The fourth-order valence-electron chi connectivity index (χ4n) is 1.27. The van der Waals surface area contributed by atoms with E-state index in [-0.39, 0.29) is 0 Å². The Morgan fingerprint density at radius 2 is 1.25 bits per heavy atom. The zero-order valence-electron chi connectivity index (χ0n) is 9.73. The van der Waals surface area contributed by atoms with Gasteiger partial charge in [-0.25, -0.2) is 26.7 Å². The molecule has 0 aliphatic rings. The average Bonchev–Trinajstić information content (AvgIpc) is 2.42. The first-order valence-corrected chi connectivity index (χ1v) is 4.88. The lowest BCUT2D eigenvalue weighted by Gasteiger charge is -2.06. The van der Waals surface area contributed by atoms with Crippen LogP contribution in [0.3, 0.4) is 0 Å². The van der Waals surface area contributed by atoms with Gasteiger partial charge in [-0.15, -0.1) is 0 Å². The Morgan fingerprint density at radius 1 is 0.850 bits per heavy atom. The number of methoxy groups -OCH3 is 1. The van der Waals surface area contributed by atoms with Crippen LogP contribution in [0.2, 0.25) is 0 Å². The number of carbonyl (C=O) groups is 3. The van der Waals surface area contributed by atoms with Crippen molar-refractivity contribution >= 4 is 17.5 Å². The van der Waals surface area contributed by atoms with Crippen LogP contribution in [0.1, 0.15) is 16.8 Å². The van der Waals surface area contributed by atoms with Crippen molar-refractivity contribution < 1.29 is 41.1 Å². The van der Waals surface area contributed by atoms with Crippen molar-refractivity contribution in [3.8, 4) is 0 Å². The molecule has 0 bridgehead atoms. The summed E-state index contributed by atoms with van der Waals surface area (Å²) < 4.78 is 68.8.